The van der Waals surface area contributed by atoms with Crippen LogP contribution < -0.4 is 0 Å². The van der Waals surface area contributed by atoms with Crippen LogP contribution in [0.25, 0.3) is 0 Å². The molecule has 2 aliphatic heterocycles. The average Bonchev–Trinajstić information content (AvgIpc) is 2.23. The van der Waals surface area contributed by atoms with Crippen LogP contribution in [0.3, 0.4) is 0 Å². The van der Waals surface area contributed by atoms with E-state index < -0.39 is 12.1 Å². The molecule has 2 saturated heterocycles. The Balaban J connectivity index is 2.09. The Morgan fingerprint density at radius 3 is 2.75 bits per heavy atom. The summed E-state index contributed by atoms with van der Waals surface area (Å²) in [4.78, 5) is 11.7. The lowest BCUT2D eigenvalue weighted by molar-refractivity contribution is -0.345. The molecule has 0 aromatic heterocycles. The molecule has 4 heteroatoms. The van der Waals surface area contributed by atoms with E-state index in [1.807, 2.05) is 6.92 Å². The van der Waals surface area contributed by atoms with Crippen molar-refractivity contribution in [2.75, 3.05) is 7.11 Å². The first-order valence-electron chi connectivity index (χ1n) is 5.95. The lowest BCUT2D eigenvalue weighted by atomic mass is 9.88. The van der Waals surface area contributed by atoms with Gasteiger partial charge in [0.1, 0.15) is 5.78 Å². The summed E-state index contributed by atoms with van der Waals surface area (Å²) in [7, 11) is 1.56. The van der Waals surface area contributed by atoms with Crippen molar-refractivity contribution < 1.29 is 19.0 Å². The molecule has 92 valence electrons. The Kier molecular flexibility index (Phi) is 3.33. The molecule has 0 aromatic carbocycles. The van der Waals surface area contributed by atoms with E-state index in [2.05, 4.69) is 6.92 Å². The lowest BCUT2D eigenvalue weighted by Gasteiger charge is -2.46. The highest BCUT2D eigenvalue weighted by Crippen LogP contribution is 2.39. The molecule has 0 radical (unpaired) electrons. The molecule has 4 atom stereocenters. The zero-order valence-corrected chi connectivity index (χ0v) is 10.2. The maximum absolute atomic E-state index is 11.7. The second kappa shape index (κ2) is 4.43. The first-order valence-corrected chi connectivity index (χ1v) is 5.95. The largest absolute Gasteiger partial charge is 0.355 e. The van der Waals surface area contributed by atoms with Gasteiger partial charge in [-0.25, -0.2) is 0 Å². The van der Waals surface area contributed by atoms with Gasteiger partial charge in [-0.05, 0) is 19.3 Å². The third-order valence-electron chi connectivity index (χ3n) is 3.65. The molecule has 0 amide bonds. The molecule has 4 nitrogen and oxygen atoms in total. The Labute approximate surface area is 96.2 Å². The van der Waals surface area contributed by atoms with Gasteiger partial charge < -0.3 is 14.2 Å². The molecule has 2 rings (SSSR count). The highest BCUT2D eigenvalue weighted by atomic mass is 16.8. The van der Waals surface area contributed by atoms with Crippen LogP contribution in [0, 0.1) is 5.92 Å². The molecule has 0 unspecified atom stereocenters. The Hall–Kier alpha value is -0.450. The highest BCUT2D eigenvalue weighted by molar-refractivity contribution is 5.80. The van der Waals surface area contributed by atoms with Crippen molar-refractivity contribution in [2.24, 2.45) is 5.92 Å². The predicted molar refractivity (Wildman–Crippen MR) is 57.8 cm³/mol. The van der Waals surface area contributed by atoms with Gasteiger partial charge in [0.25, 0.3) is 0 Å². The van der Waals surface area contributed by atoms with Crippen LogP contribution in [-0.4, -0.2) is 31.1 Å². The van der Waals surface area contributed by atoms with E-state index in [0.717, 1.165) is 12.8 Å². The fourth-order valence-electron chi connectivity index (χ4n) is 2.43. The third-order valence-corrected chi connectivity index (χ3v) is 3.65. The van der Waals surface area contributed by atoms with Gasteiger partial charge in [0.2, 0.25) is 0 Å². The fraction of sp³-hybridized carbons (Fsp3) is 0.917. The number of rotatable bonds is 1. The number of carbonyl (C=O) groups excluding carboxylic acids is 1. The van der Waals surface area contributed by atoms with E-state index in [9.17, 15) is 4.79 Å². The number of ether oxygens (including phenoxy) is 3. The number of hydrogen-bond acceptors (Lipinski definition) is 4. The van der Waals surface area contributed by atoms with E-state index in [4.69, 9.17) is 14.2 Å². The van der Waals surface area contributed by atoms with Gasteiger partial charge in [-0.3, -0.25) is 4.79 Å². The molecule has 2 heterocycles. The minimum absolute atomic E-state index is 0.136. The van der Waals surface area contributed by atoms with Crippen molar-refractivity contribution in [3.63, 3.8) is 0 Å². The van der Waals surface area contributed by atoms with Crippen molar-refractivity contribution in [2.45, 2.75) is 57.7 Å². The van der Waals surface area contributed by atoms with Crippen LogP contribution in [0.4, 0.5) is 0 Å². The van der Waals surface area contributed by atoms with Crippen LogP contribution >= 0.6 is 0 Å². The number of ketones is 1. The highest BCUT2D eigenvalue weighted by Gasteiger charge is 2.46. The summed E-state index contributed by atoms with van der Waals surface area (Å²) in [6.45, 7) is 4.20. The first kappa shape index (κ1) is 12.0. The van der Waals surface area contributed by atoms with Crippen molar-refractivity contribution in [3.05, 3.63) is 0 Å². The Morgan fingerprint density at radius 2 is 2.12 bits per heavy atom. The van der Waals surface area contributed by atoms with Crippen molar-refractivity contribution in [1.29, 1.82) is 0 Å². The Morgan fingerprint density at radius 1 is 1.38 bits per heavy atom. The Bertz CT molecular complexity index is 274. The van der Waals surface area contributed by atoms with E-state index >= 15 is 0 Å². The number of carbonyl (C=O) groups is 1. The lowest BCUT2D eigenvalue weighted by Crippen LogP contribution is -2.52. The summed E-state index contributed by atoms with van der Waals surface area (Å²) >= 11 is 0. The smallest absolute Gasteiger partial charge is 0.178 e. The number of methoxy groups -OCH3 is 1. The van der Waals surface area contributed by atoms with E-state index in [1.54, 1.807) is 7.11 Å². The maximum Gasteiger partial charge on any atom is 0.178 e. The number of hydrogen-bond donors (Lipinski definition) is 0. The normalized spacial score (nSPS) is 44.9. The minimum Gasteiger partial charge on any atom is -0.355 e. The molecule has 0 bridgehead atoms. The van der Waals surface area contributed by atoms with Crippen LogP contribution in [0.15, 0.2) is 0 Å². The second-order valence-corrected chi connectivity index (χ2v) is 4.95. The summed E-state index contributed by atoms with van der Waals surface area (Å²) in [5, 5.41) is 0. The van der Waals surface area contributed by atoms with Crippen LogP contribution in [0.2, 0.25) is 0 Å². The van der Waals surface area contributed by atoms with Gasteiger partial charge >= 0.3 is 0 Å². The molecule has 2 aliphatic rings. The SMILES string of the molecule is CO[C@H]1CC(=O)C[C@]2(CC[C@H](C)[C@@H](C)O2)O1. The van der Waals surface area contributed by atoms with Crippen LogP contribution in [-0.2, 0) is 19.0 Å². The standard InChI is InChI=1S/C12H20O4/c1-8-4-5-12(15-9(8)2)7-10(13)6-11(14-3)16-12/h8-9,11H,4-7H2,1-3H3/t8-,9+,11+,12-/m0/s1. The monoisotopic (exact) mass is 228 g/mol. The zero-order valence-electron chi connectivity index (χ0n) is 10.2. The quantitative estimate of drug-likeness (QED) is 0.687. The van der Waals surface area contributed by atoms with Crippen molar-refractivity contribution >= 4 is 5.78 Å². The summed E-state index contributed by atoms with van der Waals surface area (Å²) in [5.74, 6) is -0.0332. The van der Waals surface area contributed by atoms with Gasteiger partial charge in [-0.15, -0.1) is 0 Å². The van der Waals surface area contributed by atoms with Gasteiger partial charge in [-0.2, -0.15) is 0 Å². The van der Waals surface area contributed by atoms with Crippen molar-refractivity contribution in [3.8, 4) is 0 Å². The van der Waals surface area contributed by atoms with Crippen LogP contribution in [0.5, 0.6) is 0 Å². The summed E-state index contributed by atoms with van der Waals surface area (Å²) in [5.41, 5.74) is 0. The third kappa shape index (κ3) is 2.29. The topological polar surface area (TPSA) is 44.8 Å². The maximum atomic E-state index is 11.7. The summed E-state index contributed by atoms with van der Waals surface area (Å²) in [6, 6.07) is 0. The second-order valence-electron chi connectivity index (χ2n) is 4.95. The first-order chi connectivity index (χ1) is 7.54. The van der Waals surface area contributed by atoms with E-state index in [1.165, 1.54) is 0 Å². The average molecular weight is 228 g/mol. The van der Waals surface area contributed by atoms with Crippen molar-refractivity contribution in [1.82, 2.24) is 0 Å². The molecule has 1 spiro atoms. The molecule has 0 aliphatic carbocycles. The summed E-state index contributed by atoms with van der Waals surface area (Å²) in [6.07, 6.45) is 2.21. The van der Waals surface area contributed by atoms with Gasteiger partial charge in [0, 0.05) is 13.5 Å². The molecular formula is C12H20O4. The van der Waals surface area contributed by atoms with Gasteiger partial charge in [0.15, 0.2) is 12.1 Å². The zero-order chi connectivity index (χ0) is 11.8. The fourth-order valence-corrected chi connectivity index (χ4v) is 2.43. The van der Waals surface area contributed by atoms with Gasteiger partial charge in [0.05, 0.1) is 18.9 Å². The molecule has 0 saturated carbocycles. The molecule has 0 aromatic rings. The van der Waals surface area contributed by atoms with E-state index in [0.29, 0.717) is 18.8 Å². The predicted octanol–water partition coefficient (Wildman–Crippen LogP) is 1.87. The molecular weight excluding hydrogens is 208 g/mol. The minimum atomic E-state index is -0.720. The molecule has 16 heavy (non-hydrogen) atoms. The molecule has 2 fully saturated rings. The van der Waals surface area contributed by atoms with Gasteiger partial charge in [-0.1, -0.05) is 6.92 Å². The van der Waals surface area contributed by atoms with Crippen LogP contribution in [0.1, 0.15) is 39.5 Å². The molecule has 0 N–H and O–H groups in total. The van der Waals surface area contributed by atoms with E-state index in [-0.39, 0.29) is 11.9 Å². The summed E-state index contributed by atoms with van der Waals surface area (Å²) < 4.78 is 16.8. The number of Topliss-reactive ketones (excluding diaryl/α,β-unsaturated/α-hetero) is 1.